The summed E-state index contributed by atoms with van der Waals surface area (Å²) in [5.74, 6) is 2.03. The Kier molecular flexibility index (Phi) is 5.15. The Bertz CT molecular complexity index is 683. The van der Waals surface area contributed by atoms with Gasteiger partial charge in [0.1, 0.15) is 17.8 Å². The molecule has 0 radical (unpaired) electrons. The summed E-state index contributed by atoms with van der Waals surface area (Å²) in [6.45, 7) is 2.18. The molecule has 0 aliphatic carbocycles. The van der Waals surface area contributed by atoms with Crippen molar-refractivity contribution < 1.29 is 0 Å². The number of nitrogens with two attached hydrogens (primary N) is 1. The fraction of sp³-hybridized carbons (Fsp3) is 0.438. The second-order valence-electron chi connectivity index (χ2n) is 6.09. The average molecular weight is 392 g/mol. The van der Waals surface area contributed by atoms with E-state index in [0.717, 1.165) is 36.2 Å². The van der Waals surface area contributed by atoms with E-state index in [1.165, 1.54) is 0 Å². The largest absolute Gasteiger partial charge is 0.393 e. The highest BCUT2D eigenvalue weighted by atomic mass is 79.9. The zero-order chi connectivity index (χ0) is 17.1. The monoisotopic (exact) mass is 391 g/mol. The van der Waals surface area contributed by atoms with Crippen LogP contribution in [0.5, 0.6) is 0 Å². The number of nitrogen functional groups attached to an aromatic ring is 1. The standard InChI is InChI=1S/C16H22BrN7/c1-23-7-5-12(6-8-23)24(2)16-14(18)15(20-10-21-16)22-13-4-3-11(17)9-19-13/h3-4,9-10,12H,5-8,18H2,1-2H3,(H,19,20,21,22). The number of hydrogen-bond donors (Lipinski definition) is 2. The molecule has 0 bridgehead atoms. The summed E-state index contributed by atoms with van der Waals surface area (Å²) >= 11 is 3.37. The first-order valence-corrected chi connectivity index (χ1v) is 8.74. The van der Waals surface area contributed by atoms with Crippen LogP contribution in [0.1, 0.15) is 12.8 Å². The average Bonchev–Trinajstić information content (AvgIpc) is 2.59. The predicted molar refractivity (Wildman–Crippen MR) is 101 cm³/mol. The Balaban J connectivity index is 1.78. The third kappa shape index (κ3) is 3.76. The molecule has 0 aromatic carbocycles. The Morgan fingerprint density at radius 2 is 2.00 bits per heavy atom. The van der Waals surface area contributed by atoms with Gasteiger partial charge in [-0.2, -0.15) is 0 Å². The van der Waals surface area contributed by atoms with Crippen molar-refractivity contribution in [3.8, 4) is 0 Å². The van der Waals surface area contributed by atoms with Crippen LogP contribution in [0.3, 0.4) is 0 Å². The molecule has 2 aromatic heterocycles. The summed E-state index contributed by atoms with van der Waals surface area (Å²) in [6.07, 6.45) is 5.48. The zero-order valence-electron chi connectivity index (χ0n) is 13.9. The molecule has 1 aliphatic heterocycles. The molecule has 2 aromatic rings. The van der Waals surface area contributed by atoms with Crippen LogP contribution in [-0.4, -0.2) is 53.1 Å². The SMILES string of the molecule is CN1CCC(N(C)c2ncnc(Nc3ccc(Br)cn3)c2N)CC1. The van der Waals surface area contributed by atoms with Crippen LogP contribution in [-0.2, 0) is 0 Å². The zero-order valence-corrected chi connectivity index (χ0v) is 15.5. The Morgan fingerprint density at radius 3 is 2.67 bits per heavy atom. The van der Waals surface area contributed by atoms with Gasteiger partial charge in [0.2, 0.25) is 0 Å². The first-order valence-electron chi connectivity index (χ1n) is 7.95. The highest BCUT2D eigenvalue weighted by Gasteiger charge is 2.23. The van der Waals surface area contributed by atoms with Crippen LogP contribution in [0.4, 0.5) is 23.1 Å². The van der Waals surface area contributed by atoms with Crippen LogP contribution < -0.4 is 16.0 Å². The summed E-state index contributed by atoms with van der Waals surface area (Å²) in [4.78, 5) is 17.5. The molecule has 1 aliphatic rings. The van der Waals surface area contributed by atoms with Gasteiger partial charge in [0.05, 0.1) is 0 Å². The quantitative estimate of drug-likeness (QED) is 0.827. The van der Waals surface area contributed by atoms with Crippen LogP contribution in [0, 0.1) is 0 Å². The molecule has 0 spiro atoms. The second kappa shape index (κ2) is 7.31. The number of halogens is 1. The number of nitrogens with zero attached hydrogens (tertiary/aromatic N) is 5. The van der Waals surface area contributed by atoms with Crippen molar-refractivity contribution in [3.63, 3.8) is 0 Å². The van der Waals surface area contributed by atoms with Gasteiger partial charge in [0.25, 0.3) is 0 Å². The summed E-state index contributed by atoms with van der Waals surface area (Å²) in [5.41, 5.74) is 6.86. The maximum atomic E-state index is 6.32. The Morgan fingerprint density at radius 1 is 1.25 bits per heavy atom. The highest BCUT2D eigenvalue weighted by molar-refractivity contribution is 9.10. The molecular weight excluding hydrogens is 370 g/mol. The minimum Gasteiger partial charge on any atom is -0.393 e. The summed E-state index contributed by atoms with van der Waals surface area (Å²) in [7, 11) is 4.21. The molecule has 0 saturated carbocycles. The number of pyridine rings is 1. The van der Waals surface area contributed by atoms with Gasteiger partial charge in [-0.05, 0) is 61.0 Å². The number of hydrogen-bond acceptors (Lipinski definition) is 7. The lowest BCUT2D eigenvalue weighted by molar-refractivity contribution is 0.252. The third-order valence-electron chi connectivity index (χ3n) is 4.41. The molecule has 0 atom stereocenters. The van der Waals surface area contributed by atoms with E-state index in [2.05, 4.69) is 60.1 Å². The molecule has 3 N–H and O–H groups in total. The molecule has 1 fully saturated rings. The number of likely N-dealkylation sites (tertiary alicyclic amines) is 1. The van der Waals surface area contributed by atoms with E-state index in [4.69, 9.17) is 5.73 Å². The normalized spacial score (nSPS) is 16.1. The van der Waals surface area contributed by atoms with Crippen molar-refractivity contribution in [3.05, 3.63) is 29.1 Å². The minimum absolute atomic E-state index is 0.442. The smallest absolute Gasteiger partial charge is 0.160 e. The topological polar surface area (TPSA) is 83.2 Å². The van der Waals surface area contributed by atoms with Crippen LogP contribution >= 0.6 is 15.9 Å². The van der Waals surface area contributed by atoms with Gasteiger partial charge in [-0.15, -0.1) is 0 Å². The maximum absolute atomic E-state index is 6.32. The molecule has 24 heavy (non-hydrogen) atoms. The van der Waals surface area contributed by atoms with E-state index < -0.39 is 0 Å². The molecule has 3 rings (SSSR count). The molecule has 1 saturated heterocycles. The van der Waals surface area contributed by atoms with Crippen LogP contribution in [0.2, 0.25) is 0 Å². The van der Waals surface area contributed by atoms with Crippen LogP contribution in [0.25, 0.3) is 0 Å². The predicted octanol–water partition coefficient (Wildman–Crippen LogP) is 2.49. The van der Waals surface area contributed by atoms with Crippen molar-refractivity contribution in [2.45, 2.75) is 18.9 Å². The Hall–Kier alpha value is -1.93. The summed E-state index contributed by atoms with van der Waals surface area (Å²) < 4.78 is 0.923. The second-order valence-corrected chi connectivity index (χ2v) is 7.01. The number of aromatic nitrogens is 3. The molecule has 128 valence electrons. The summed E-state index contributed by atoms with van der Waals surface area (Å²) in [6, 6.07) is 4.22. The highest BCUT2D eigenvalue weighted by Crippen LogP contribution is 2.30. The van der Waals surface area contributed by atoms with E-state index in [-0.39, 0.29) is 0 Å². The van der Waals surface area contributed by atoms with Crippen molar-refractivity contribution in [1.82, 2.24) is 19.9 Å². The first kappa shape index (κ1) is 16.9. The number of anilines is 4. The van der Waals surface area contributed by atoms with Crippen molar-refractivity contribution >= 4 is 39.1 Å². The summed E-state index contributed by atoms with van der Waals surface area (Å²) in [5, 5.41) is 3.16. The van der Waals surface area contributed by atoms with Crippen molar-refractivity contribution in [1.29, 1.82) is 0 Å². The maximum Gasteiger partial charge on any atom is 0.160 e. The van der Waals surface area contributed by atoms with Gasteiger partial charge >= 0.3 is 0 Å². The van der Waals surface area contributed by atoms with E-state index in [0.29, 0.717) is 23.4 Å². The molecule has 7 nitrogen and oxygen atoms in total. The van der Waals surface area contributed by atoms with E-state index in [1.54, 1.807) is 12.5 Å². The molecule has 3 heterocycles. The lowest BCUT2D eigenvalue weighted by atomic mass is 10.0. The van der Waals surface area contributed by atoms with E-state index >= 15 is 0 Å². The molecule has 0 unspecified atom stereocenters. The molecular formula is C16H22BrN7. The van der Waals surface area contributed by atoms with Gasteiger partial charge in [0.15, 0.2) is 11.6 Å². The van der Waals surface area contributed by atoms with Crippen molar-refractivity contribution in [2.75, 3.05) is 43.1 Å². The van der Waals surface area contributed by atoms with E-state index in [1.807, 2.05) is 12.1 Å². The number of piperidine rings is 1. The first-order chi connectivity index (χ1) is 11.5. The number of rotatable bonds is 4. The third-order valence-corrected chi connectivity index (χ3v) is 4.88. The van der Waals surface area contributed by atoms with E-state index in [9.17, 15) is 0 Å². The van der Waals surface area contributed by atoms with Gasteiger partial charge in [0, 0.05) is 23.8 Å². The Labute approximate surface area is 150 Å². The minimum atomic E-state index is 0.442. The van der Waals surface area contributed by atoms with Gasteiger partial charge in [-0.25, -0.2) is 15.0 Å². The fourth-order valence-electron chi connectivity index (χ4n) is 2.89. The van der Waals surface area contributed by atoms with Crippen molar-refractivity contribution in [2.24, 2.45) is 0 Å². The van der Waals surface area contributed by atoms with Crippen LogP contribution in [0.15, 0.2) is 29.1 Å². The lowest BCUT2D eigenvalue weighted by Gasteiger charge is -2.36. The van der Waals surface area contributed by atoms with Gasteiger partial charge in [-0.1, -0.05) is 0 Å². The van der Waals surface area contributed by atoms with Gasteiger partial charge < -0.3 is 20.9 Å². The lowest BCUT2D eigenvalue weighted by Crippen LogP contribution is -2.42. The number of nitrogens with one attached hydrogen (secondary N) is 1. The molecule has 8 heteroatoms. The molecule has 0 amide bonds. The van der Waals surface area contributed by atoms with Gasteiger partial charge in [-0.3, -0.25) is 0 Å². The fourth-order valence-corrected chi connectivity index (χ4v) is 3.13.